The molecule has 0 unspecified atom stereocenters. The molecule has 2 aromatic rings. The van der Waals surface area contributed by atoms with Crippen molar-refractivity contribution in [3.05, 3.63) is 59.4 Å². The number of amides is 1. The van der Waals surface area contributed by atoms with Crippen LogP contribution in [0.4, 0.5) is 4.39 Å². The normalized spacial score (nSPS) is 10.6. The lowest BCUT2D eigenvalue weighted by Gasteiger charge is -2.14. The van der Waals surface area contributed by atoms with E-state index in [1.807, 2.05) is 0 Å². The third kappa shape index (κ3) is 4.97. The van der Waals surface area contributed by atoms with Crippen LogP contribution in [0.1, 0.15) is 11.1 Å². The highest BCUT2D eigenvalue weighted by Gasteiger charge is 2.12. The van der Waals surface area contributed by atoms with Gasteiger partial charge in [-0.05, 0) is 29.8 Å². The Bertz CT molecular complexity index is 774. The van der Waals surface area contributed by atoms with Crippen LogP contribution < -0.4 is 19.5 Å². The zero-order valence-corrected chi connectivity index (χ0v) is 14.3. The summed E-state index contributed by atoms with van der Waals surface area (Å²) in [6, 6.07) is 9.44. The minimum atomic E-state index is -0.349. The fourth-order valence-corrected chi connectivity index (χ4v) is 2.25. The van der Waals surface area contributed by atoms with E-state index in [4.69, 9.17) is 14.2 Å². The van der Waals surface area contributed by atoms with Gasteiger partial charge in [-0.1, -0.05) is 12.1 Å². The van der Waals surface area contributed by atoms with Gasteiger partial charge in [0.15, 0.2) is 11.5 Å². The van der Waals surface area contributed by atoms with Gasteiger partial charge < -0.3 is 19.5 Å². The minimum Gasteiger partial charge on any atom is -0.496 e. The second-order valence-corrected chi connectivity index (χ2v) is 5.13. The molecule has 0 aromatic heterocycles. The maximum absolute atomic E-state index is 13.1. The first-order valence-electron chi connectivity index (χ1n) is 7.57. The van der Waals surface area contributed by atoms with Crippen molar-refractivity contribution in [3.8, 4) is 17.2 Å². The molecule has 0 radical (unpaired) electrons. The molecule has 0 aliphatic heterocycles. The van der Waals surface area contributed by atoms with Crippen LogP contribution in [0.5, 0.6) is 17.2 Å². The minimum absolute atomic E-state index is 0.246. The summed E-state index contributed by atoms with van der Waals surface area (Å²) in [6.45, 7) is 0.246. The lowest BCUT2D eigenvalue weighted by atomic mass is 10.1. The molecule has 2 aromatic carbocycles. The quantitative estimate of drug-likeness (QED) is 0.783. The van der Waals surface area contributed by atoms with Gasteiger partial charge in [-0.25, -0.2) is 4.39 Å². The second-order valence-electron chi connectivity index (χ2n) is 5.13. The topological polar surface area (TPSA) is 56.8 Å². The van der Waals surface area contributed by atoms with Gasteiger partial charge in [0.1, 0.15) is 11.6 Å². The molecule has 0 aliphatic rings. The largest absolute Gasteiger partial charge is 0.496 e. The van der Waals surface area contributed by atoms with Crippen molar-refractivity contribution in [1.29, 1.82) is 0 Å². The van der Waals surface area contributed by atoms with E-state index in [2.05, 4.69) is 5.32 Å². The second kappa shape index (κ2) is 8.73. The number of rotatable bonds is 7. The van der Waals surface area contributed by atoms with Crippen LogP contribution in [0.3, 0.4) is 0 Å². The van der Waals surface area contributed by atoms with E-state index in [1.165, 1.54) is 39.5 Å². The summed E-state index contributed by atoms with van der Waals surface area (Å²) in [5.74, 6) is 1.01. The molecule has 0 spiro atoms. The molecule has 1 N–H and O–H groups in total. The Morgan fingerprint density at radius 1 is 1.04 bits per heavy atom. The van der Waals surface area contributed by atoms with Crippen LogP contribution in [0.2, 0.25) is 0 Å². The Hall–Kier alpha value is -3.02. The molecular weight excluding hydrogens is 325 g/mol. The van der Waals surface area contributed by atoms with Crippen molar-refractivity contribution in [2.45, 2.75) is 6.54 Å². The Balaban J connectivity index is 2.06. The number of methoxy groups -OCH3 is 3. The summed E-state index contributed by atoms with van der Waals surface area (Å²) < 4.78 is 28.9. The Morgan fingerprint density at radius 2 is 1.72 bits per heavy atom. The van der Waals surface area contributed by atoms with Crippen molar-refractivity contribution in [1.82, 2.24) is 5.32 Å². The first-order chi connectivity index (χ1) is 12.1. The van der Waals surface area contributed by atoms with Gasteiger partial charge in [0.2, 0.25) is 5.91 Å². The predicted molar refractivity (Wildman–Crippen MR) is 93.4 cm³/mol. The smallest absolute Gasteiger partial charge is 0.244 e. The Morgan fingerprint density at radius 3 is 2.36 bits per heavy atom. The van der Waals surface area contributed by atoms with Crippen LogP contribution in [-0.4, -0.2) is 27.2 Å². The maximum Gasteiger partial charge on any atom is 0.244 e. The molecule has 132 valence electrons. The number of ether oxygens (including phenoxy) is 3. The van der Waals surface area contributed by atoms with Crippen LogP contribution in [-0.2, 0) is 11.3 Å². The average Bonchev–Trinajstić information content (AvgIpc) is 2.63. The summed E-state index contributed by atoms with van der Waals surface area (Å²) in [7, 11) is 4.61. The maximum atomic E-state index is 13.1. The molecule has 0 heterocycles. The number of carbonyl (C=O) groups excluding carboxylic acids is 1. The summed E-state index contributed by atoms with van der Waals surface area (Å²) in [6.07, 6.45) is 2.90. The Kier molecular flexibility index (Phi) is 6.39. The number of benzene rings is 2. The highest BCUT2D eigenvalue weighted by molar-refractivity contribution is 5.91. The number of hydrogen-bond donors (Lipinski definition) is 1. The number of nitrogens with one attached hydrogen (secondary N) is 1. The summed E-state index contributed by atoms with van der Waals surface area (Å²) in [5.41, 5.74) is 1.35. The summed E-state index contributed by atoms with van der Waals surface area (Å²) in [4.78, 5) is 12.0. The third-order valence-corrected chi connectivity index (χ3v) is 3.52. The van der Waals surface area contributed by atoms with Gasteiger partial charge in [-0.15, -0.1) is 0 Å². The van der Waals surface area contributed by atoms with E-state index in [1.54, 1.807) is 30.3 Å². The van der Waals surface area contributed by atoms with Crippen LogP contribution in [0.15, 0.2) is 42.5 Å². The molecule has 6 heteroatoms. The zero-order valence-electron chi connectivity index (χ0n) is 14.3. The lowest BCUT2D eigenvalue weighted by Crippen LogP contribution is -2.20. The highest BCUT2D eigenvalue weighted by atomic mass is 19.1. The zero-order chi connectivity index (χ0) is 18.2. The summed E-state index contributed by atoms with van der Waals surface area (Å²) in [5, 5.41) is 2.75. The number of halogens is 1. The van der Waals surface area contributed by atoms with Crippen LogP contribution >= 0.6 is 0 Å². The predicted octanol–water partition coefficient (Wildman–Crippen LogP) is 3.18. The first-order valence-corrected chi connectivity index (χ1v) is 7.57. The first kappa shape index (κ1) is 18.3. The molecule has 0 saturated carbocycles. The highest BCUT2D eigenvalue weighted by Crippen LogP contribution is 2.34. The van der Waals surface area contributed by atoms with Crippen LogP contribution in [0.25, 0.3) is 6.08 Å². The standard InChI is InChI=1S/C19H20FNO4/c1-23-16-11-18(25-3)17(24-2)10-14(16)12-21-19(22)8-7-13-5-4-6-15(20)9-13/h4-11H,12H2,1-3H3,(H,21,22). The van der Waals surface area contributed by atoms with Gasteiger partial charge in [0, 0.05) is 24.3 Å². The SMILES string of the molecule is COc1cc(OC)c(OC)cc1CNC(=O)C=Cc1cccc(F)c1. The van der Waals surface area contributed by atoms with E-state index in [0.29, 0.717) is 22.8 Å². The molecule has 2 rings (SSSR count). The monoisotopic (exact) mass is 345 g/mol. The molecular formula is C19H20FNO4. The molecule has 0 saturated heterocycles. The van der Waals surface area contributed by atoms with Crippen molar-refractivity contribution >= 4 is 12.0 Å². The fraction of sp³-hybridized carbons (Fsp3) is 0.211. The van der Waals surface area contributed by atoms with Gasteiger partial charge in [0.05, 0.1) is 21.3 Å². The molecule has 0 aliphatic carbocycles. The van der Waals surface area contributed by atoms with Crippen molar-refractivity contribution in [2.24, 2.45) is 0 Å². The number of carbonyl (C=O) groups is 1. The van der Waals surface area contributed by atoms with Crippen molar-refractivity contribution in [2.75, 3.05) is 21.3 Å². The van der Waals surface area contributed by atoms with Gasteiger partial charge in [0.25, 0.3) is 0 Å². The fourth-order valence-electron chi connectivity index (χ4n) is 2.25. The molecule has 0 atom stereocenters. The van der Waals surface area contributed by atoms with E-state index in [9.17, 15) is 9.18 Å². The van der Waals surface area contributed by atoms with Gasteiger partial charge >= 0.3 is 0 Å². The molecule has 0 bridgehead atoms. The van der Waals surface area contributed by atoms with E-state index in [-0.39, 0.29) is 18.3 Å². The van der Waals surface area contributed by atoms with Crippen molar-refractivity contribution < 1.29 is 23.4 Å². The van der Waals surface area contributed by atoms with Gasteiger partial charge in [-0.3, -0.25) is 4.79 Å². The van der Waals surface area contributed by atoms with E-state index in [0.717, 1.165) is 5.56 Å². The van der Waals surface area contributed by atoms with E-state index < -0.39 is 0 Å². The average molecular weight is 345 g/mol. The summed E-state index contributed by atoms with van der Waals surface area (Å²) >= 11 is 0. The van der Waals surface area contributed by atoms with Gasteiger partial charge in [-0.2, -0.15) is 0 Å². The molecule has 0 fully saturated rings. The van der Waals surface area contributed by atoms with E-state index >= 15 is 0 Å². The third-order valence-electron chi connectivity index (χ3n) is 3.52. The molecule has 25 heavy (non-hydrogen) atoms. The van der Waals surface area contributed by atoms with Crippen molar-refractivity contribution in [3.63, 3.8) is 0 Å². The molecule has 5 nitrogen and oxygen atoms in total. The van der Waals surface area contributed by atoms with Crippen LogP contribution in [0, 0.1) is 5.82 Å². The molecule has 1 amide bonds. The lowest BCUT2D eigenvalue weighted by molar-refractivity contribution is -0.116. The Labute approximate surface area is 146 Å². The number of hydrogen-bond acceptors (Lipinski definition) is 4.